The number of nitrogens with zero attached hydrogens (tertiary/aromatic N) is 3. The number of aryl methyl sites for hydroxylation is 2. The summed E-state index contributed by atoms with van der Waals surface area (Å²) >= 11 is 3.11. The first-order valence-corrected chi connectivity index (χ1v) is 12.4. The van der Waals surface area contributed by atoms with Gasteiger partial charge in [-0.2, -0.15) is 0 Å². The largest absolute Gasteiger partial charge is 0.349 e. The van der Waals surface area contributed by atoms with Gasteiger partial charge in [-0.25, -0.2) is 0 Å². The van der Waals surface area contributed by atoms with Crippen molar-refractivity contribution in [3.05, 3.63) is 93.4 Å². The average molecular weight is 463 g/mol. The molecule has 4 rings (SSSR count). The summed E-state index contributed by atoms with van der Waals surface area (Å²) in [4.78, 5) is 13.9. The van der Waals surface area contributed by atoms with E-state index in [1.54, 1.807) is 11.3 Å². The second-order valence-electron chi connectivity index (χ2n) is 7.75. The molecule has 4 aromatic rings. The molecule has 0 aliphatic rings. The Labute approximate surface area is 196 Å². The van der Waals surface area contributed by atoms with Crippen LogP contribution in [0.2, 0.25) is 0 Å². The standard InChI is InChI=1S/C25H26N4OS2/c1-17-11-12-20(14-18(17)2)19(3)26-24(30)16-32-25-28-27-23(15-22-10-7-13-31-22)29(25)21-8-5-4-6-9-21/h4-14,19H,15-16H2,1-3H3,(H,26,30). The molecule has 5 nitrogen and oxygen atoms in total. The van der Waals surface area contributed by atoms with Crippen molar-refractivity contribution in [3.8, 4) is 5.69 Å². The lowest BCUT2D eigenvalue weighted by Gasteiger charge is -2.16. The monoisotopic (exact) mass is 462 g/mol. The minimum absolute atomic E-state index is 0.0249. The molecule has 2 aromatic carbocycles. The van der Waals surface area contributed by atoms with E-state index in [4.69, 9.17) is 0 Å². The second kappa shape index (κ2) is 10.1. The maximum absolute atomic E-state index is 12.7. The fourth-order valence-electron chi connectivity index (χ4n) is 3.44. The fraction of sp³-hybridized carbons (Fsp3) is 0.240. The SMILES string of the molecule is Cc1ccc(C(C)NC(=O)CSc2nnc(Cc3cccs3)n2-c2ccccc2)cc1C. The van der Waals surface area contributed by atoms with Crippen molar-refractivity contribution < 1.29 is 4.79 Å². The topological polar surface area (TPSA) is 59.8 Å². The van der Waals surface area contributed by atoms with Crippen molar-refractivity contribution >= 4 is 29.0 Å². The highest BCUT2D eigenvalue weighted by Gasteiger charge is 2.17. The third-order valence-corrected chi connectivity index (χ3v) is 7.17. The Balaban J connectivity index is 1.47. The number of carbonyl (C=O) groups is 1. The van der Waals surface area contributed by atoms with Crippen LogP contribution in [0.5, 0.6) is 0 Å². The van der Waals surface area contributed by atoms with Gasteiger partial charge >= 0.3 is 0 Å². The van der Waals surface area contributed by atoms with Gasteiger partial charge in [-0.05, 0) is 61.0 Å². The van der Waals surface area contributed by atoms with Crippen molar-refractivity contribution in [2.75, 3.05) is 5.75 Å². The molecule has 0 fully saturated rings. The smallest absolute Gasteiger partial charge is 0.230 e. The molecule has 0 saturated carbocycles. The molecule has 0 spiro atoms. The number of rotatable bonds is 8. The molecule has 7 heteroatoms. The highest BCUT2D eigenvalue weighted by Crippen LogP contribution is 2.25. The van der Waals surface area contributed by atoms with Gasteiger partial charge in [-0.3, -0.25) is 9.36 Å². The van der Waals surface area contributed by atoms with Crippen LogP contribution in [0.1, 0.15) is 40.4 Å². The average Bonchev–Trinajstić information content (AvgIpc) is 3.45. The van der Waals surface area contributed by atoms with Crippen molar-refractivity contribution in [1.29, 1.82) is 0 Å². The Bertz CT molecular complexity index is 1190. The molecule has 0 aliphatic carbocycles. The number of thioether (sulfide) groups is 1. The predicted molar refractivity (Wildman–Crippen MR) is 132 cm³/mol. The summed E-state index contributed by atoms with van der Waals surface area (Å²) in [6.07, 6.45) is 0.704. The van der Waals surface area contributed by atoms with Crippen LogP contribution in [0.4, 0.5) is 0 Å². The Morgan fingerprint density at radius 2 is 1.88 bits per heavy atom. The number of amides is 1. The van der Waals surface area contributed by atoms with Crippen LogP contribution >= 0.6 is 23.1 Å². The van der Waals surface area contributed by atoms with Crippen molar-refractivity contribution in [1.82, 2.24) is 20.1 Å². The van der Waals surface area contributed by atoms with Crippen LogP contribution < -0.4 is 5.32 Å². The van der Waals surface area contributed by atoms with Crippen molar-refractivity contribution in [3.63, 3.8) is 0 Å². The Kier molecular flexibility index (Phi) is 7.07. The van der Waals surface area contributed by atoms with Crippen LogP contribution in [-0.2, 0) is 11.2 Å². The molecule has 32 heavy (non-hydrogen) atoms. The Morgan fingerprint density at radius 1 is 1.06 bits per heavy atom. The molecule has 0 radical (unpaired) electrons. The van der Waals surface area contributed by atoms with Crippen LogP contribution in [0, 0.1) is 13.8 Å². The highest BCUT2D eigenvalue weighted by molar-refractivity contribution is 7.99. The summed E-state index contributed by atoms with van der Waals surface area (Å²) in [6.45, 7) is 6.19. The van der Waals surface area contributed by atoms with E-state index in [0.717, 1.165) is 22.2 Å². The van der Waals surface area contributed by atoms with E-state index in [-0.39, 0.29) is 17.7 Å². The third kappa shape index (κ3) is 5.29. The fourth-order valence-corrected chi connectivity index (χ4v) is 4.93. The lowest BCUT2D eigenvalue weighted by atomic mass is 10.0. The quantitative estimate of drug-likeness (QED) is 0.351. The summed E-state index contributed by atoms with van der Waals surface area (Å²) < 4.78 is 2.05. The first-order valence-electron chi connectivity index (χ1n) is 10.5. The zero-order chi connectivity index (χ0) is 22.5. The molecule has 1 atom stereocenters. The van der Waals surface area contributed by atoms with Gasteiger partial charge in [0.15, 0.2) is 5.16 Å². The van der Waals surface area contributed by atoms with Gasteiger partial charge in [0.1, 0.15) is 5.82 Å². The first-order chi connectivity index (χ1) is 15.5. The molecule has 2 heterocycles. The number of benzene rings is 2. The van der Waals surface area contributed by atoms with Gasteiger partial charge in [0.25, 0.3) is 0 Å². The van der Waals surface area contributed by atoms with Crippen molar-refractivity contribution in [2.24, 2.45) is 0 Å². The minimum atomic E-state index is -0.0521. The number of hydrogen-bond acceptors (Lipinski definition) is 5. The minimum Gasteiger partial charge on any atom is -0.349 e. The number of carbonyl (C=O) groups excluding carboxylic acids is 1. The zero-order valence-corrected chi connectivity index (χ0v) is 20.0. The van der Waals surface area contributed by atoms with Crippen LogP contribution in [-0.4, -0.2) is 26.4 Å². The number of thiophene rings is 1. The summed E-state index contributed by atoms with van der Waals surface area (Å²) in [5.74, 6) is 1.12. The molecule has 0 aliphatic heterocycles. The zero-order valence-electron chi connectivity index (χ0n) is 18.4. The Morgan fingerprint density at radius 3 is 2.59 bits per heavy atom. The molecule has 1 unspecified atom stereocenters. The number of hydrogen-bond donors (Lipinski definition) is 1. The van der Waals surface area contributed by atoms with Gasteiger partial charge in [0, 0.05) is 17.0 Å². The molecule has 0 bridgehead atoms. The molecule has 0 saturated heterocycles. The van der Waals surface area contributed by atoms with Gasteiger partial charge in [-0.1, -0.05) is 54.2 Å². The predicted octanol–water partition coefficient (Wildman–Crippen LogP) is 5.51. The van der Waals surface area contributed by atoms with Gasteiger partial charge in [-0.15, -0.1) is 21.5 Å². The summed E-state index contributed by atoms with van der Waals surface area (Å²) in [7, 11) is 0. The molecular weight excluding hydrogens is 436 g/mol. The van der Waals surface area contributed by atoms with Crippen molar-refractivity contribution in [2.45, 2.75) is 38.4 Å². The van der Waals surface area contributed by atoms with E-state index in [1.165, 1.54) is 27.8 Å². The molecule has 2 aromatic heterocycles. The van der Waals surface area contributed by atoms with Crippen LogP contribution in [0.15, 0.2) is 71.2 Å². The molecular formula is C25H26N4OS2. The summed E-state index contributed by atoms with van der Waals surface area (Å²) in [5, 5.41) is 14.7. The molecule has 1 amide bonds. The normalized spacial score (nSPS) is 12.0. The van der Waals surface area contributed by atoms with E-state index < -0.39 is 0 Å². The molecule has 1 N–H and O–H groups in total. The van der Waals surface area contributed by atoms with Gasteiger partial charge < -0.3 is 5.32 Å². The third-order valence-electron chi connectivity index (χ3n) is 5.37. The maximum Gasteiger partial charge on any atom is 0.230 e. The highest BCUT2D eigenvalue weighted by atomic mass is 32.2. The number of nitrogens with one attached hydrogen (secondary N) is 1. The van der Waals surface area contributed by atoms with E-state index in [2.05, 4.69) is 59.0 Å². The van der Waals surface area contributed by atoms with E-state index in [1.807, 2.05) is 47.9 Å². The summed E-state index contributed by atoms with van der Waals surface area (Å²) in [5.41, 5.74) is 4.58. The van der Waals surface area contributed by atoms with Crippen LogP contribution in [0.25, 0.3) is 5.69 Å². The number of para-hydroxylation sites is 1. The van der Waals surface area contributed by atoms with Crippen LogP contribution in [0.3, 0.4) is 0 Å². The Hall–Kier alpha value is -2.90. The first kappa shape index (κ1) is 22.3. The van der Waals surface area contributed by atoms with E-state index in [9.17, 15) is 4.79 Å². The van der Waals surface area contributed by atoms with Gasteiger partial charge in [0.2, 0.25) is 5.91 Å². The lowest BCUT2D eigenvalue weighted by molar-refractivity contribution is -0.119. The van der Waals surface area contributed by atoms with E-state index >= 15 is 0 Å². The van der Waals surface area contributed by atoms with E-state index in [0.29, 0.717) is 6.42 Å². The maximum atomic E-state index is 12.7. The number of aromatic nitrogens is 3. The molecule has 164 valence electrons. The summed E-state index contributed by atoms with van der Waals surface area (Å²) in [6, 6.07) is 20.4. The second-order valence-corrected chi connectivity index (χ2v) is 9.72. The lowest BCUT2D eigenvalue weighted by Crippen LogP contribution is -2.28. The van der Waals surface area contributed by atoms with Gasteiger partial charge in [0.05, 0.1) is 11.8 Å².